The quantitative estimate of drug-likeness (QED) is 0.410. The number of halogens is 2. The van der Waals surface area contributed by atoms with E-state index in [1.807, 2.05) is 24.5 Å². The van der Waals surface area contributed by atoms with Crippen LogP contribution in [0.25, 0.3) is 22.3 Å². The Bertz CT molecular complexity index is 1470. The van der Waals surface area contributed by atoms with E-state index in [1.165, 1.54) is 30.7 Å². The molecular weight excluding hydrogens is 479 g/mol. The van der Waals surface area contributed by atoms with Crippen LogP contribution in [0.5, 0.6) is 0 Å². The molecule has 10 heteroatoms. The number of rotatable bonds is 4. The summed E-state index contributed by atoms with van der Waals surface area (Å²) in [6.07, 6.45) is 11.5. The predicted octanol–water partition coefficient (Wildman–Crippen LogP) is 4.84. The highest BCUT2D eigenvalue weighted by molar-refractivity contribution is 6.30. The van der Waals surface area contributed by atoms with Gasteiger partial charge in [-0.15, -0.1) is 0 Å². The summed E-state index contributed by atoms with van der Waals surface area (Å²) in [6.45, 7) is 2.05. The Hall–Kier alpha value is -3.43. The fraction of sp³-hybridized carbons (Fsp3) is 0.346. The van der Waals surface area contributed by atoms with E-state index in [1.54, 1.807) is 6.20 Å². The monoisotopic (exact) mass is 502 g/mol. The summed E-state index contributed by atoms with van der Waals surface area (Å²) in [5.41, 5.74) is 2.91. The number of pyridine rings is 3. The van der Waals surface area contributed by atoms with Crippen molar-refractivity contribution in [2.45, 2.75) is 43.7 Å². The molecule has 2 fully saturated rings. The second-order valence-electron chi connectivity index (χ2n) is 9.67. The van der Waals surface area contributed by atoms with Crippen LogP contribution in [0.15, 0.2) is 43.0 Å². The van der Waals surface area contributed by atoms with Gasteiger partial charge in [0.2, 0.25) is 0 Å². The zero-order valence-electron chi connectivity index (χ0n) is 19.5. The van der Waals surface area contributed by atoms with Crippen LogP contribution in [0.1, 0.15) is 37.2 Å². The zero-order valence-corrected chi connectivity index (χ0v) is 20.2. The number of nitrogens with one attached hydrogen (secondary N) is 2. The van der Waals surface area contributed by atoms with E-state index in [-0.39, 0.29) is 10.8 Å². The Kier molecular flexibility index (Phi) is 5.21. The van der Waals surface area contributed by atoms with Crippen molar-refractivity contribution in [1.29, 1.82) is 0 Å². The van der Waals surface area contributed by atoms with Crippen LogP contribution in [-0.4, -0.2) is 50.1 Å². The summed E-state index contributed by atoms with van der Waals surface area (Å²) in [5.74, 6) is 2.06. The van der Waals surface area contributed by atoms with E-state index in [9.17, 15) is 4.39 Å². The molecule has 1 saturated heterocycles. The lowest BCUT2D eigenvalue weighted by Crippen LogP contribution is -2.56. The van der Waals surface area contributed by atoms with Gasteiger partial charge in [-0.05, 0) is 62.5 Å². The first-order valence-electron chi connectivity index (χ1n) is 12.3. The number of hydrogen-bond acceptors (Lipinski definition) is 8. The van der Waals surface area contributed by atoms with Crippen molar-refractivity contribution >= 4 is 40.0 Å². The minimum absolute atomic E-state index is 0.0560. The number of fused-ring (bicyclic) bond motifs is 2. The molecule has 2 N–H and O–H groups in total. The maximum atomic E-state index is 14.3. The lowest BCUT2D eigenvalue weighted by atomic mass is 9.70. The molecular formula is C26H24ClFN8. The van der Waals surface area contributed by atoms with Crippen LogP contribution >= 0.6 is 11.6 Å². The summed E-state index contributed by atoms with van der Waals surface area (Å²) in [4.78, 5) is 25.6. The van der Waals surface area contributed by atoms with Gasteiger partial charge in [-0.1, -0.05) is 11.6 Å². The number of anilines is 3. The van der Waals surface area contributed by atoms with Crippen LogP contribution in [0.3, 0.4) is 0 Å². The van der Waals surface area contributed by atoms with Gasteiger partial charge < -0.3 is 15.5 Å². The van der Waals surface area contributed by atoms with Crippen LogP contribution in [0.2, 0.25) is 5.02 Å². The minimum Gasteiger partial charge on any atom is -0.349 e. The van der Waals surface area contributed by atoms with E-state index >= 15 is 0 Å². The third-order valence-corrected chi connectivity index (χ3v) is 7.84. The molecule has 0 spiro atoms. The Balaban J connectivity index is 1.32. The van der Waals surface area contributed by atoms with Crippen molar-refractivity contribution in [3.63, 3.8) is 0 Å². The molecule has 4 aromatic rings. The number of piperidine rings is 1. The normalized spacial score (nSPS) is 21.2. The summed E-state index contributed by atoms with van der Waals surface area (Å²) in [7, 11) is 0. The first-order chi connectivity index (χ1) is 17.7. The largest absolute Gasteiger partial charge is 0.349 e. The molecule has 3 aliphatic rings. The number of aromatic nitrogens is 5. The predicted molar refractivity (Wildman–Crippen MR) is 137 cm³/mol. The van der Waals surface area contributed by atoms with Crippen molar-refractivity contribution in [1.82, 2.24) is 30.2 Å². The van der Waals surface area contributed by atoms with Gasteiger partial charge >= 0.3 is 0 Å². The van der Waals surface area contributed by atoms with Gasteiger partial charge in [-0.2, -0.15) is 0 Å². The highest BCUT2D eigenvalue weighted by Gasteiger charge is 2.45. The maximum absolute atomic E-state index is 14.3. The van der Waals surface area contributed by atoms with Gasteiger partial charge in [0.25, 0.3) is 0 Å². The van der Waals surface area contributed by atoms with Crippen LogP contribution in [0, 0.1) is 5.82 Å². The van der Waals surface area contributed by atoms with E-state index in [0.717, 1.165) is 48.2 Å². The van der Waals surface area contributed by atoms with E-state index in [2.05, 4.69) is 30.5 Å². The molecule has 1 saturated carbocycles. The van der Waals surface area contributed by atoms with Gasteiger partial charge in [0.05, 0.1) is 16.7 Å². The molecule has 0 radical (unpaired) electrons. The van der Waals surface area contributed by atoms with Crippen LogP contribution in [0.4, 0.5) is 21.8 Å². The molecule has 2 unspecified atom stereocenters. The molecule has 0 bridgehead atoms. The van der Waals surface area contributed by atoms with Crippen molar-refractivity contribution in [2.24, 2.45) is 0 Å². The molecule has 182 valence electrons. The molecule has 36 heavy (non-hydrogen) atoms. The molecule has 0 amide bonds. The fourth-order valence-corrected chi connectivity index (χ4v) is 5.96. The van der Waals surface area contributed by atoms with Gasteiger partial charge in [0.15, 0.2) is 17.5 Å². The SMILES string of the molecule is Fc1cc(Cl)cnc1Nc1cc(-c2nc3c4c(cncc4n2)C2CCC2N3C2CCNCC2)ccn1. The molecule has 0 aromatic carbocycles. The van der Waals surface area contributed by atoms with E-state index in [0.29, 0.717) is 29.6 Å². The van der Waals surface area contributed by atoms with Gasteiger partial charge in [-0.25, -0.2) is 24.3 Å². The Morgan fingerprint density at radius 1 is 1.03 bits per heavy atom. The highest BCUT2D eigenvalue weighted by atomic mass is 35.5. The third kappa shape index (κ3) is 3.57. The smallest absolute Gasteiger partial charge is 0.167 e. The third-order valence-electron chi connectivity index (χ3n) is 7.63. The van der Waals surface area contributed by atoms with Crippen molar-refractivity contribution in [2.75, 3.05) is 23.3 Å². The van der Waals surface area contributed by atoms with Crippen molar-refractivity contribution < 1.29 is 4.39 Å². The van der Waals surface area contributed by atoms with Gasteiger partial charge in [0, 0.05) is 47.5 Å². The standard InChI is InChI=1S/C26H24ClFN8/c27-15-10-19(28)25(32-11-15)34-22-9-14(3-8-31-22)24-33-20-13-30-12-18-17-1-2-21(17)36(26(35-24)23(18)20)16-4-6-29-7-5-16/h3,8-13,16-17,21,29H,1-2,4-7H2,(H,31,32,34). The van der Waals surface area contributed by atoms with Gasteiger partial charge in [-0.3, -0.25) is 4.98 Å². The number of hydrogen-bond donors (Lipinski definition) is 2. The van der Waals surface area contributed by atoms with Crippen LogP contribution < -0.4 is 15.5 Å². The summed E-state index contributed by atoms with van der Waals surface area (Å²) < 4.78 is 14.3. The molecule has 7 rings (SSSR count). The molecule has 1 aliphatic carbocycles. The average Bonchev–Trinajstić information content (AvgIpc) is 2.88. The number of nitrogens with zero attached hydrogens (tertiary/aromatic N) is 6. The van der Waals surface area contributed by atoms with Crippen molar-refractivity contribution in [3.8, 4) is 11.4 Å². The minimum atomic E-state index is -0.549. The molecule has 6 heterocycles. The molecule has 2 aliphatic heterocycles. The van der Waals surface area contributed by atoms with E-state index < -0.39 is 5.82 Å². The average molecular weight is 503 g/mol. The molecule has 4 aromatic heterocycles. The molecule has 8 nitrogen and oxygen atoms in total. The zero-order chi connectivity index (χ0) is 24.2. The Morgan fingerprint density at radius 2 is 1.92 bits per heavy atom. The first-order valence-corrected chi connectivity index (χ1v) is 12.7. The first kappa shape index (κ1) is 21.8. The van der Waals surface area contributed by atoms with Crippen molar-refractivity contribution in [3.05, 3.63) is 59.4 Å². The highest BCUT2D eigenvalue weighted by Crippen LogP contribution is 2.51. The van der Waals surface area contributed by atoms with Gasteiger partial charge in [0.1, 0.15) is 11.6 Å². The van der Waals surface area contributed by atoms with E-state index in [4.69, 9.17) is 21.6 Å². The topological polar surface area (TPSA) is 91.8 Å². The second-order valence-corrected chi connectivity index (χ2v) is 10.1. The summed E-state index contributed by atoms with van der Waals surface area (Å²) >= 11 is 5.83. The van der Waals surface area contributed by atoms with Crippen LogP contribution in [-0.2, 0) is 0 Å². The summed E-state index contributed by atoms with van der Waals surface area (Å²) in [5, 5.41) is 7.79. The second kappa shape index (κ2) is 8.60. The fourth-order valence-electron chi connectivity index (χ4n) is 5.82. The lowest BCUT2D eigenvalue weighted by Gasteiger charge is -2.52. The molecule has 2 atom stereocenters. The maximum Gasteiger partial charge on any atom is 0.167 e. The summed E-state index contributed by atoms with van der Waals surface area (Å²) in [6, 6.07) is 5.81. The Morgan fingerprint density at radius 3 is 2.72 bits per heavy atom. The Labute approximate surface area is 212 Å². The lowest BCUT2D eigenvalue weighted by molar-refractivity contribution is 0.277.